The second-order valence-electron chi connectivity index (χ2n) is 3.90. The highest BCUT2D eigenvalue weighted by Gasteiger charge is 2.00. The Morgan fingerprint density at radius 3 is 2.40 bits per heavy atom. The van der Waals surface area contributed by atoms with Gasteiger partial charge in [-0.2, -0.15) is 0 Å². The van der Waals surface area contributed by atoms with E-state index in [1.54, 1.807) is 0 Å². The van der Waals surface area contributed by atoms with Gasteiger partial charge in [-0.25, -0.2) is 9.13 Å². The SMILES string of the molecule is CCCCCCC[n+]1ccn(CC)c1.[Br-]. The minimum Gasteiger partial charge on any atom is -1.00 e. The molecule has 0 aliphatic carbocycles. The Morgan fingerprint density at radius 2 is 1.80 bits per heavy atom. The molecule has 0 aliphatic heterocycles. The molecule has 0 bridgehead atoms. The molecule has 0 saturated carbocycles. The zero-order chi connectivity index (χ0) is 10.2. The van der Waals surface area contributed by atoms with E-state index in [1.165, 1.54) is 38.6 Å². The topological polar surface area (TPSA) is 8.81 Å². The van der Waals surface area contributed by atoms with E-state index in [2.05, 4.69) is 41.7 Å². The summed E-state index contributed by atoms with van der Waals surface area (Å²) < 4.78 is 4.50. The van der Waals surface area contributed by atoms with Crippen molar-refractivity contribution >= 4 is 0 Å². The number of rotatable bonds is 7. The van der Waals surface area contributed by atoms with Crippen molar-refractivity contribution < 1.29 is 21.5 Å². The predicted molar refractivity (Wildman–Crippen MR) is 59.1 cm³/mol. The van der Waals surface area contributed by atoms with Crippen molar-refractivity contribution in [2.75, 3.05) is 0 Å². The molecule has 3 heteroatoms. The summed E-state index contributed by atoms with van der Waals surface area (Å²) >= 11 is 0. The first-order valence-electron chi connectivity index (χ1n) is 5.91. The third kappa shape index (κ3) is 5.98. The lowest BCUT2D eigenvalue weighted by Crippen LogP contribution is -3.00. The molecule has 0 spiro atoms. The number of nitrogens with zero attached hydrogens (tertiary/aromatic N) is 2. The third-order valence-electron chi connectivity index (χ3n) is 2.63. The lowest BCUT2D eigenvalue weighted by atomic mass is 10.1. The summed E-state index contributed by atoms with van der Waals surface area (Å²) in [6, 6.07) is 0. The van der Waals surface area contributed by atoms with Crippen LogP contribution < -0.4 is 21.5 Å². The van der Waals surface area contributed by atoms with E-state index in [1.807, 2.05) is 0 Å². The third-order valence-corrected chi connectivity index (χ3v) is 2.63. The van der Waals surface area contributed by atoms with Gasteiger partial charge in [0, 0.05) is 0 Å². The van der Waals surface area contributed by atoms with Gasteiger partial charge in [-0.15, -0.1) is 0 Å². The van der Waals surface area contributed by atoms with Gasteiger partial charge in [0.2, 0.25) is 6.33 Å². The summed E-state index contributed by atoms with van der Waals surface area (Å²) in [4.78, 5) is 0. The number of hydrogen-bond acceptors (Lipinski definition) is 0. The Balaban J connectivity index is 0.00000196. The van der Waals surface area contributed by atoms with E-state index >= 15 is 0 Å². The minimum atomic E-state index is 0. The second-order valence-corrected chi connectivity index (χ2v) is 3.90. The van der Waals surface area contributed by atoms with Gasteiger partial charge >= 0.3 is 0 Å². The average Bonchev–Trinajstić information content (AvgIpc) is 2.65. The van der Waals surface area contributed by atoms with Crippen molar-refractivity contribution in [3.05, 3.63) is 18.7 Å². The van der Waals surface area contributed by atoms with Crippen molar-refractivity contribution in [3.8, 4) is 0 Å². The van der Waals surface area contributed by atoms with Crippen molar-refractivity contribution in [2.45, 2.75) is 59.0 Å². The molecule has 1 aromatic rings. The lowest BCUT2D eigenvalue weighted by molar-refractivity contribution is -0.696. The predicted octanol–water partition coefficient (Wildman–Crippen LogP) is -0.230. The zero-order valence-corrected chi connectivity index (χ0v) is 11.5. The number of imidazole rings is 1. The van der Waals surface area contributed by atoms with Crippen LogP contribution in [0.5, 0.6) is 0 Å². The first-order valence-corrected chi connectivity index (χ1v) is 5.91. The van der Waals surface area contributed by atoms with Crippen LogP contribution in [0.3, 0.4) is 0 Å². The van der Waals surface area contributed by atoms with Crippen LogP contribution in [0, 0.1) is 0 Å². The van der Waals surface area contributed by atoms with Gasteiger partial charge in [0.1, 0.15) is 12.4 Å². The maximum Gasteiger partial charge on any atom is 0.243 e. The van der Waals surface area contributed by atoms with Crippen LogP contribution >= 0.6 is 0 Å². The standard InChI is InChI=1S/C12H23N2.BrH/c1-3-5-6-7-8-9-14-11-10-13(4-2)12-14;/h10-12H,3-9H2,1-2H3;1H/q+1;/p-1. The van der Waals surface area contributed by atoms with E-state index in [0.29, 0.717) is 0 Å². The Labute approximate surface area is 104 Å². The smallest absolute Gasteiger partial charge is 0.243 e. The van der Waals surface area contributed by atoms with Crippen LogP contribution in [-0.4, -0.2) is 4.57 Å². The molecular formula is C12H23BrN2. The van der Waals surface area contributed by atoms with Gasteiger partial charge in [0.05, 0.1) is 13.1 Å². The summed E-state index contributed by atoms with van der Waals surface area (Å²) in [6.07, 6.45) is 13.3. The molecule has 1 aromatic heterocycles. The highest BCUT2D eigenvalue weighted by Crippen LogP contribution is 2.01. The molecule has 0 radical (unpaired) electrons. The molecule has 0 amide bonds. The summed E-state index contributed by atoms with van der Waals surface area (Å²) in [5.41, 5.74) is 0. The minimum absolute atomic E-state index is 0. The quantitative estimate of drug-likeness (QED) is 0.480. The summed E-state index contributed by atoms with van der Waals surface area (Å²) in [7, 11) is 0. The number of aromatic nitrogens is 2. The number of hydrogen-bond donors (Lipinski definition) is 0. The van der Waals surface area contributed by atoms with Crippen molar-refractivity contribution in [3.63, 3.8) is 0 Å². The van der Waals surface area contributed by atoms with Crippen molar-refractivity contribution in [2.24, 2.45) is 0 Å². The van der Waals surface area contributed by atoms with Crippen LogP contribution in [0.2, 0.25) is 0 Å². The second kappa shape index (κ2) is 8.96. The molecule has 0 saturated heterocycles. The molecular weight excluding hydrogens is 252 g/mol. The number of halogens is 1. The zero-order valence-electron chi connectivity index (χ0n) is 9.95. The fourth-order valence-electron chi connectivity index (χ4n) is 1.66. The number of aryl methyl sites for hydroxylation is 2. The molecule has 88 valence electrons. The summed E-state index contributed by atoms with van der Waals surface area (Å²) in [5.74, 6) is 0. The normalized spacial score (nSPS) is 10.0. The van der Waals surface area contributed by atoms with E-state index in [4.69, 9.17) is 0 Å². The van der Waals surface area contributed by atoms with Gasteiger partial charge in [-0.3, -0.25) is 0 Å². The van der Waals surface area contributed by atoms with Gasteiger partial charge in [0.15, 0.2) is 0 Å². The monoisotopic (exact) mass is 274 g/mol. The molecule has 2 nitrogen and oxygen atoms in total. The first-order chi connectivity index (χ1) is 6.86. The maximum atomic E-state index is 2.29. The molecule has 0 aromatic carbocycles. The highest BCUT2D eigenvalue weighted by molar-refractivity contribution is 4.64. The first kappa shape index (κ1) is 14.7. The fourth-order valence-corrected chi connectivity index (χ4v) is 1.66. The molecule has 1 heterocycles. The summed E-state index contributed by atoms with van der Waals surface area (Å²) in [5, 5.41) is 0. The number of unbranched alkanes of at least 4 members (excludes halogenated alkanes) is 4. The van der Waals surface area contributed by atoms with Crippen LogP contribution in [0.1, 0.15) is 46.0 Å². The molecule has 15 heavy (non-hydrogen) atoms. The molecule has 1 rings (SSSR count). The van der Waals surface area contributed by atoms with Crippen LogP contribution in [0.15, 0.2) is 18.7 Å². The average molecular weight is 275 g/mol. The Morgan fingerprint density at radius 1 is 1.07 bits per heavy atom. The Bertz CT molecular complexity index is 246. The molecule has 0 unspecified atom stereocenters. The molecule has 0 fully saturated rings. The van der Waals surface area contributed by atoms with E-state index in [-0.39, 0.29) is 17.0 Å². The van der Waals surface area contributed by atoms with Gasteiger partial charge < -0.3 is 17.0 Å². The fraction of sp³-hybridized carbons (Fsp3) is 0.750. The van der Waals surface area contributed by atoms with E-state index < -0.39 is 0 Å². The maximum absolute atomic E-state index is 2.29. The molecule has 0 aliphatic rings. The largest absolute Gasteiger partial charge is 1.00 e. The van der Waals surface area contributed by atoms with Crippen LogP contribution in [0.4, 0.5) is 0 Å². The van der Waals surface area contributed by atoms with Crippen LogP contribution in [-0.2, 0) is 13.1 Å². The van der Waals surface area contributed by atoms with E-state index in [0.717, 1.165) is 6.54 Å². The molecule has 0 N–H and O–H groups in total. The lowest BCUT2D eigenvalue weighted by Gasteiger charge is -1.97. The molecule has 0 atom stereocenters. The Kier molecular flexibility index (Phi) is 8.77. The van der Waals surface area contributed by atoms with Crippen LogP contribution in [0.25, 0.3) is 0 Å². The van der Waals surface area contributed by atoms with Gasteiger partial charge in [-0.05, 0) is 19.8 Å². The van der Waals surface area contributed by atoms with Gasteiger partial charge in [-0.1, -0.05) is 26.2 Å². The highest BCUT2D eigenvalue weighted by atomic mass is 79.9. The Hall–Kier alpha value is -0.310. The van der Waals surface area contributed by atoms with E-state index in [9.17, 15) is 0 Å². The summed E-state index contributed by atoms with van der Waals surface area (Å²) in [6.45, 7) is 6.68. The van der Waals surface area contributed by atoms with Crippen molar-refractivity contribution in [1.29, 1.82) is 0 Å². The van der Waals surface area contributed by atoms with Crippen molar-refractivity contribution in [1.82, 2.24) is 4.57 Å². The van der Waals surface area contributed by atoms with Gasteiger partial charge in [0.25, 0.3) is 0 Å².